The Bertz CT molecular complexity index is 1640. The molecule has 162 valence electrons. The van der Waals surface area contributed by atoms with Gasteiger partial charge in [0.25, 0.3) is 10.0 Å². The van der Waals surface area contributed by atoms with Crippen LogP contribution in [0.15, 0.2) is 83.9 Å². The van der Waals surface area contributed by atoms with E-state index in [1.807, 2.05) is 41.9 Å². The fourth-order valence-electron chi connectivity index (χ4n) is 3.85. The topological polar surface area (TPSA) is 101 Å². The molecule has 5 aromatic rings. The summed E-state index contributed by atoms with van der Waals surface area (Å²) in [6, 6.07) is 23.5. The number of nitrogens with one attached hydrogen (secondary N) is 1. The van der Waals surface area contributed by atoms with Crippen LogP contribution in [0, 0.1) is 11.3 Å². The van der Waals surface area contributed by atoms with Gasteiger partial charge in [-0.3, -0.25) is 9.71 Å². The number of fused-ring (bicyclic) bond motifs is 2. The number of hydrogen-bond acceptors (Lipinski definition) is 5. The SMILES string of the molecule is Cn1c(Cc2ccc(C#N)cc2)nc2cc(NS(=O)(=O)c3cccc4cccnc34)ccc21. The quantitative estimate of drug-likeness (QED) is 0.425. The maximum atomic E-state index is 13.1. The second-order valence-electron chi connectivity index (χ2n) is 7.71. The van der Waals surface area contributed by atoms with Crippen LogP contribution in [-0.4, -0.2) is 23.0 Å². The van der Waals surface area contributed by atoms with Crippen molar-refractivity contribution < 1.29 is 8.42 Å². The number of para-hydroxylation sites is 1. The summed E-state index contributed by atoms with van der Waals surface area (Å²) in [5.74, 6) is 0.841. The Labute approximate surface area is 191 Å². The maximum absolute atomic E-state index is 13.1. The van der Waals surface area contributed by atoms with Crippen LogP contribution in [0.3, 0.4) is 0 Å². The normalized spacial score (nSPS) is 11.5. The molecule has 0 aliphatic rings. The third-order valence-electron chi connectivity index (χ3n) is 5.56. The molecule has 2 aromatic heterocycles. The average Bonchev–Trinajstić information content (AvgIpc) is 3.13. The molecule has 0 spiro atoms. The van der Waals surface area contributed by atoms with Crippen molar-refractivity contribution in [1.29, 1.82) is 5.26 Å². The largest absolute Gasteiger partial charge is 0.331 e. The monoisotopic (exact) mass is 453 g/mol. The Morgan fingerprint density at radius 2 is 1.82 bits per heavy atom. The number of imidazole rings is 1. The summed E-state index contributed by atoms with van der Waals surface area (Å²) in [7, 11) is -1.91. The van der Waals surface area contributed by atoms with Crippen LogP contribution < -0.4 is 4.72 Å². The summed E-state index contributed by atoms with van der Waals surface area (Å²) >= 11 is 0. The van der Waals surface area contributed by atoms with Crippen LogP contribution in [0.5, 0.6) is 0 Å². The van der Waals surface area contributed by atoms with E-state index in [0.717, 1.165) is 22.3 Å². The van der Waals surface area contributed by atoms with Gasteiger partial charge in [-0.15, -0.1) is 0 Å². The van der Waals surface area contributed by atoms with Crippen LogP contribution in [0.25, 0.3) is 21.9 Å². The van der Waals surface area contributed by atoms with Crippen molar-refractivity contribution >= 4 is 37.6 Å². The number of aryl methyl sites for hydroxylation is 1. The molecule has 5 rings (SSSR count). The molecule has 0 radical (unpaired) electrons. The van der Waals surface area contributed by atoms with Gasteiger partial charge in [0.15, 0.2) is 0 Å². The fourth-order valence-corrected chi connectivity index (χ4v) is 5.08. The highest BCUT2D eigenvalue weighted by Gasteiger charge is 2.19. The van der Waals surface area contributed by atoms with E-state index in [1.165, 1.54) is 0 Å². The lowest BCUT2D eigenvalue weighted by atomic mass is 10.1. The molecule has 0 saturated heterocycles. The summed E-state index contributed by atoms with van der Waals surface area (Å²) in [5, 5.41) is 9.73. The van der Waals surface area contributed by atoms with E-state index >= 15 is 0 Å². The molecule has 8 heteroatoms. The van der Waals surface area contributed by atoms with Crippen molar-refractivity contribution in [3.8, 4) is 6.07 Å². The lowest BCUT2D eigenvalue weighted by molar-refractivity contribution is 0.602. The summed E-state index contributed by atoms with van der Waals surface area (Å²) < 4.78 is 30.9. The van der Waals surface area contributed by atoms with Crippen LogP contribution in [0.2, 0.25) is 0 Å². The van der Waals surface area contributed by atoms with E-state index in [-0.39, 0.29) is 4.90 Å². The minimum atomic E-state index is -3.84. The van der Waals surface area contributed by atoms with E-state index in [9.17, 15) is 8.42 Å². The average molecular weight is 454 g/mol. The van der Waals surface area contributed by atoms with Crippen LogP contribution >= 0.6 is 0 Å². The van der Waals surface area contributed by atoms with Gasteiger partial charge in [-0.25, -0.2) is 13.4 Å². The van der Waals surface area contributed by atoms with E-state index in [1.54, 1.807) is 48.7 Å². The molecule has 0 aliphatic heterocycles. The summed E-state index contributed by atoms with van der Waals surface area (Å²) in [4.78, 5) is 9.09. The third kappa shape index (κ3) is 3.90. The number of benzene rings is 3. The number of rotatable bonds is 5. The Morgan fingerprint density at radius 3 is 2.61 bits per heavy atom. The molecule has 0 saturated carbocycles. The fraction of sp³-hybridized carbons (Fsp3) is 0.0800. The molecular formula is C25H19N5O2S. The second-order valence-corrected chi connectivity index (χ2v) is 9.36. The molecule has 33 heavy (non-hydrogen) atoms. The van der Waals surface area contributed by atoms with E-state index in [2.05, 4.69) is 15.8 Å². The van der Waals surface area contributed by atoms with Crippen molar-refractivity contribution in [3.63, 3.8) is 0 Å². The van der Waals surface area contributed by atoms with E-state index in [4.69, 9.17) is 10.2 Å². The summed E-state index contributed by atoms with van der Waals surface area (Å²) in [6.45, 7) is 0. The smallest absolute Gasteiger partial charge is 0.264 e. The number of hydrogen-bond donors (Lipinski definition) is 1. The first-order valence-electron chi connectivity index (χ1n) is 10.3. The molecule has 0 amide bonds. The number of sulfonamides is 1. The highest BCUT2D eigenvalue weighted by Crippen LogP contribution is 2.26. The van der Waals surface area contributed by atoms with Gasteiger partial charge in [0, 0.05) is 25.1 Å². The number of nitrogens with zero attached hydrogens (tertiary/aromatic N) is 4. The molecule has 0 unspecified atom stereocenters. The van der Waals surface area contributed by atoms with Gasteiger partial charge < -0.3 is 4.57 Å². The van der Waals surface area contributed by atoms with Crippen molar-refractivity contribution in [2.75, 3.05) is 4.72 Å². The first-order chi connectivity index (χ1) is 15.9. The Kier molecular flexibility index (Phi) is 5.04. The predicted octanol–water partition coefficient (Wildman–Crippen LogP) is 4.38. The molecule has 1 N–H and O–H groups in total. The lowest BCUT2D eigenvalue weighted by Crippen LogP contribution is -2.13. The molecule has 0 fully saturated rings. The third-order valence-corrected chi connectivity index (χ3v) is 6.97. The van der Waals surface area contributed by atoms with Gasteiger partial charge in [-0.2, -0.15) is 5.26 Å². The molecule has 0 aliphatic carbocycles. The van der Waals surface area contributed by atoms with Gasteiger partial charge in [0.05, 0.1) is 33.9 Å². The van der Waals surface area contributed by atoms with Crippen molar-refractivity contribution in [1.82, 2.24) is 14.5 Å². The van der Waals surface area contributed by atoms with Crippen LogP contribution in [0.1, 0.15) is 17.0 Å². The Hall–Kier alpha value is -4.22. The number of pyridine rings is 1. The van der Waals surface area contributed by atoms with Crippen LogP contribution in [-0.2, 0) is 23.5 Å². The zero-order chi connectivity index (χ0) is 23.0. The second kappa shape index (κ2) is 8.04. The van der Waals surface area contributed by atoms with Gasteiger partial charge in [-0.05, 0) is 48.0 Å². The van der Waals surface area contributed by atoms with Gasteiger partial charge in [0.2, 0.25) is 0 Å². The van der Waals surface area contributed by atoms with Gasteiger partial charge >= 0.3 is 0 Å². The van der Waals surface area contributed by atoms with Gasteiger partial charge in [0.1, 0.15) is 10.7 Å². The van der Waals surface area contributed by atoms with Crippen molar-refractivity contribution in [2.45, 2.75) is 11.3 Å². The van der Waals surface area contributed by atoms with E-state index < -0.39 is 10.0 Å². The van der Waals surface area contributed by atoms with Crippen molar-refractivity contribution in [3.05, 3.63) is 95.9 Å². The number of anilines is 1. The first-order valence-corrected chi connectivity index (χ1v) is 11.7. The summed E-state index contributed by atoms with van der Waals surface area (Å²) in [6.07, 6.45) is 2.18. The Balaban J connectivity index is 1.46. The van der Waals surface area contributed by atoms with Crippen molar-refractivity contribution in [2.24, 2.45) is 7.05 Å². The zero-order valence-electron chi connectivity index (χ0n) is 17.7. The molecule has 2 heterocycles. The minimum Gasteiger partial charge on any atom is -0.331 e. The zero-order valence-corrected chi connectivity index (χ0v) is 18.5. The van der Waals surface area contributed by atoms with Crippen LogP contribution in [0.4, 0.5) is 5.69 Å². The maximum Gasteiger partial charge on any atom is 0.264 e. The lowest BCUT2D eigenvalue weighted by Gasteiger charge is -2.10. The first kappa shape index (κ1) is 20.7. The highest BCUT2D eigenvalue weighted by molar-refractivity contribution is 7.93. The van der Waals surface area contributed by atoms with E-state index in [0.29, 0.717) is 28.7 Å². The number of nitriles is 1. The molecule has 0 bridgehead atoms. The standard InChI is InChI=1S/C25H19N5O2S/c1-30-22-12-11-20(15-21(22)28-24(30)14-17-7-9-18(16-26)10-8-17)29-33(31,32)23-6-2-4-19-5-3-13-27-25(19)23/h2-13,15,29H,14H2,1H3. The van der Waals surface area contributed by atoms with Gasteiger partial charge in [-0.1, -0.05) is 30.3 Å². The molecular weight excluding hydrogens is 434 g/mol. The molecule has 7 nitrogen and oxygen atoms in total. The Morgan fingerprint density at radius 1 is 1.03 bits per heavy atom. The predicted molar refractivity (Wildman–Crippen MR) is 127 cm³/mol. The molecule has 3 aromatic carbocycles. The highest BCUT2D eigenvalue weighted by atomic mass is 32.2. The molecule has 0 atom stereocenters. The number of aromatic nitrogens is 3. The summed E-state index contributed by atoms with van der Waals surface area (Å²) in [5.41, 5.74) is 4.10. The minimum absolute atomic E-state index is 0.128.